The SMILES string of the molecule is CC(C)(C)OC(=O)NC(CCCN=C(N)N)C(=O)O.O. The molecule has 8 N–H and O–H groups in total. The molecule has 0 aliphatic heterocycles. The van der Waals surface area contributed by atoms with Crippen molar-refractivity contribution in [1.82, 2.24) is 5.32 Å². The molecule has 1 amide bonds. The fraction of sp³-hybridized carbons (Fsp3) is 0.727. The quantitative estimate of drug-likeness (QED) is 0.283. The van der Waals surface area contributed by atoms with E-state index in [4.69, 9.17) is 21.3 Å². The molecule has 118 valence electrons. The lowest BCUT2D eigenvalue weighted by atomic mass is 10.1. The Hall–Kier alpha value is -2.03. The maximum absolute atomic E-state index is 11.5. The number of nitrogens with two attached hydrogens (primary N) is 2. The van der Waals surface area contributed by atoms with Gasteiger partial charge in [0, 0.05) is 6.54 Å². The standard InChI is InChI=1S/C11H22N4O4.H2O/c1-11(2,3)19-10(18)15-7(8(16)17)5-4-6-14-9(12)13;/h7H,4-6H2,1-3H3,(H,15,18)(H,16,17)(H4,12,13,14);1H2. The minimum absolute atomic E-state index is 0. The maximum atomic E-state index is 11.5. The molecule has 0 heterocycles. The summed E-state index contributed by atoms with van der Waals surface area (Å²) in [4.78, 5) is 26.2. The molecule has 9 nitrogen and oxygen atoms in total. The van der Waals surface area contributed by atoms with E-state index >= 15 is 0 Å². The lowest BCUT2D eigenvalue weighted by Crippen LogP contribution is -2.43. The monoisotopic (exact) mass is 292 g/mol. The van der Waals surface area contributed by atoms with Gasteiger partial charge in [0.05, 0.1) is 0 Å². The largest absolute Gasteiger partial charge is 0.480 e. The zero-order valence-electron chi connectivity index (χ0n) is 12.0. The van der Waals surface area contributed by atoms with Crippen molar-refractivity contribution in [2.45, 2.75) is 45.3 Å². The molecular formula is C11H24N4O5. The molecule has 1 unspecified atom stereocenters. The summed E-state index contributed by atoms with van der Waals surface area (Å²) in [5, 5.41) is 11.3. The highest BCUT2D eigenvalue weighted by atomic mass is 16.6. The number of alkyl carbamates (subject to hydrolysis) is 1. The van der Waals surface area contributed by atoms with Gasteiger partial charge >= 0.3 is 12.1 Å². The van der Waals surface area contributed by atoms with Gasteiger partial charge in [-0.3, -0.25) is 4.99 Å². The van der Waals surface area contributed by atoms with Gasteiger partial charge < -0.3 is 32.1 Å². The highest BCUT2D eigenvalue weighted by molar-refractivity contribution is 5.80. The first-order valence-electron chi connectivity index (χ1n) is 5.89. The normalized spacial score (nSPS) is 11.8. The smallest absolute Gasteiger partial charge is 0.408 e. The van der Waals surface area contributed by atoms with Crippen LogP contribution in [0.4, 0.5) is 4.79 Å². The summed E-state index contributed by atoms with van der Waals surface area (Å²) >= 11 is 0. The molecule has 0 bridgehead atoms. The average molecular weight is 292 g/mol. The van der Waals surface area contributed by atoms with E-state index in [9.17, 15) is 9.59 Å². The van der Waals surface area contributed by atoms with Crippen molar-refractivity contribution in [3.8, 4) is 0 Å². The number of carboxylic acid groups (broad SMARTS) is 1. The van der Waals surface area contributed by atoms with Gasteiger partial charge in [0.1, 0.15) is 11.6 Å². The van der Waals surface area contributed by atoms with Gasteiger partial charge in [-0.25, -0.2) is 9.59 Å². The van der Waals surface area contributed by atoms with Crippen molar-refractivity contribution in [2.75, 3.05) is 6.54 Å². The highest BCUT2D eigenvalue weighted by Gasteiger charge is 2.23. The molecule has 0 rings (SSSR count). The van der Waals surface area contributed by atoms with Gasteiger partial charge in [-0.1, -0.05) is 0 Å². The maximum Gasteiger partial charge on any atom is 0.408 e. The van der Waals surface area contributed by atoms with Crippen LogP contribution in [0.15, 0.2) is 4.99 Å². The van der Waals surface area contributed by atoms with Crippen LogP contribution in [-0.4, -0.2) is 46.8 Å². The molecule has 0 fully saturated rings. The molecule has 0 aromatic heterocycles. The topological polar surface area (TPSA) is 172 Å². The fourth-order valence-electron chi connectivity index (χ4n) is 1.21. The number of nitrogens with one attached hydrogen (secondary N) is 1. The van der Waals surface area contributed by atoms with Crippen LogP contribution in [0.2, 0.25) is 0 Å². The minimum atomic E-state index is -1.13. The second-order valence-corrected chi connectivity index (χ2v) is 4.99. The summed E-state index contributed by atoms with van der Waals surface area (Å²) in [5.74, 6) is -1.18. The van der Waals surface area contributed by atoms with E-state index < -0.39 is 23.7 Å². The molecule has 1 atom stereocenters. The number of amides is 1. The number of rotatable bonds is 6. The van der Waals surface area contributed by atoms with Crippen LogP contribution in [0.25, 0.3) is 0 Å². The van der Waals surface area contributed by atoms with E-state index in [1.165, 1.54) is 0 Å². The number of carbonyl (C=O) groups is 2. The Morgan fingerprint density at radius 2 is 1.90 bits per heavy atom. The van der Waals surface area contributed by atoms with Crippen LogP contribution in [-0.2, 0) is 9.53 Å². The molecule has 0 aromatic carbocycles. The first-order chi connectivity index (χ1) is 8.61. The third kappa shape index (κ3) is 11.1. The number of ether oxygens (including phenoxy) is 1. The minimum Gasteiger partial charge on any atom is -0.480 e. The lowest BCUT2D eigenvalue weighted by molar-refractivity contribution is -0.139. The number of hydrogen-bond donors (Lipinski definition) is 4. The number of aliphatic carboxylic acids is 1. The lowest BCUT2D eigenvalue weighted by Gasteiger charge is -2.21. The molecule has 0 saturated heterocycles. The summed E-state index contributed by atoms with van der Waals surface area (Å²) in [6.45, 7) is 5.39. The Balaban J connectivity index is 0. The third-order valence-electron chi connectivity index (χ3n) is 1.93. The molecule has 0 aliphatic rings. The van der Waals surface area contributed by atoms with E-state index in [2.05, 4.69) is 10.3 Å². The fourth-order valence-corrected chi connectivity index (χ4v) is 1.21. The van der Waals surface area contributed by atoms with Crippen molar-refractivity contribution in [1.29, 1.82) is 0 Å². The van der Waals surface area contributed by atoms with Crippen LogP contribution in [0.1, 0.15) is 33.6 Å². The van der Waals surface area contributed by atoms with Crippen molar-refractivity contribution < 1.29 is 24.9 Å². The molecule has 0 radical (unpaired) electrons. The Morgan fingerprint density at radius 3 is 2.30 bits per heavy atom. The number of carbonyl (C=O) groups excluding carboxylic acids is 1. The predicted molar refractivity (Wildman–Crippen MR) is 74.3 cm³/mol. The van der Waals surface area contributed by atoms with Gasteiger partial charge in [-0.05, 0) is 33.6 Å². The zero-order chi connectivity index (χ0) is 15.1. The molecule has 0 saturated carbocycles. The van der Waals surface area contributed by atoms with E-state index in [0.29, 0.717) is 13.0 Å². The van der Waals surface area contributed by atoms with E-state index in [1.807, 2.05) is 0 Å². The van der Waals surface area contributed by atoms with Gasteiger partial charge in [0.2, 0.25) is 0 Å². The molecule has 0 aromatic rings. The first kappa shape index (κ1) is 20.3. The van der Waals surface area contributed by atoms with Crippen molar-refractivity contribution in [3.63, 3.8) is 0 Å². The molecule has 20 heavy (non-hydrogen) atoms. The summed E-state index contributed by atoms with van der Waals surface area (Å²) in [6.07, 6.45) is -0.113. The molecule has 9 heteroatoms. The Kier molecular flexibility index (Phi) is 9.10. The summed E-state index contributed by atoms with van der Waals surface area (Å²) in [6, 6.07) is -1.02. The highest BCUT2D eigenvalue weighted by Crippen LogP contribution is 2.07. The number of nitrogens with zero attached hydrogens (tertiary/aromatic N) is 1. The number of guanidine groups is 1. The Labute approximate surface area is 117 Å². The van der Waals surface area contributed by atoms with Crippen molar-refractivity contribution >= 4 is 18.0 Å². The van der Waals surface area contributed by atoms with Crippen molar-refractivity contribution in [2.24, 2.45) is 16.5 Å². The zero-order valence-corrected chi connectivity index (χ0v) is 12.0. The van der Waals surface area contributed by atoms with Crippen LogP contribution in [0, 0.1) is 0 Å². The third-order valence-corrected chi connectivity index (χ3v) is 1.93. The summed E-state index contributed by atoms with van der Waals surface area (Å²) in [7, 11) is 0. The molecule has 0 spiro atoms. The van der Waals surface area contributed by atoms with Gasteiger partial charge in [-0.15, -0.1) is 0 Å². The van der Waals surface area contributed by atoms with Crippen molar-refractivity contribution in [3.05, 3.63) is 0 Å². The van der Waals surface area contributed by atoms with Gasteiger partial charge in [0.25, 0.3) is 0 Å². The molecule has 0 aliphatic carbocycles. The van der Waals surface area contributed by atoms with Crippen LogP contribution in [0.5, 0.6) is 0 Å². The Bertz CT molecular complexity index is 347. The van der Waals surface area contributed by atoms with Gasteiger partial charge in [0.15, 0.2) is 5.96 Å². The van der Waals surface area contributed by atoms with Crippen LogP contribution >= 0.6 is 0 Å². The van der Waals surface area contributed by atoms with Crippen LogP contribution in [0.3, 0.4) is 0 Å². The first-order valence-corrected chi connectivity index (χ1v) is 5.89. The number of hydrogen-bond acceptors (Lipinski definition) is 4. The summed E-state index contributed by atoms with van der Waals surface area (Å²) < 4.78 is 4.98. The van der Waals surface area contributed by atoms with Gasteiger partial charge in [-0.2, -0.15) is 0 Å². The van der Waals surface area contributed by atoms with E-state index in [1.54, 1.807) is 20.8 Å². The molecular weight excluding hydrogens is 268 g/mol. The summed E-state index contributed by atoms with van der Waals surface area (Å²) in [5.41, 5.74) is 9.61. The predicted octanol–water partition coefficient (Wildman–Crippen LogP) is -0.807. The van der Waals surface area contributed by atoms with Crippen LogP contribution < -0.4 is 16.8 Å². The second-order valence-electron chi connectivity index (χ2n) is 4.99. The number of aliphatic imine (C=N–C) groups is 1. The number of carboxylic acids is 1. The Morgan fingerprint density at radius 1 is 1.35 bits per heavy atom. The van der Waals surface area contributed by atoms with E-state index in [0.717, 1.165) is 0 Å². The average Bonchev–Trinajstić information content (AvgIpc) is 2.19. The van der Waals surface area contributed by atoms with E-state index in [-0.39, 0.29) is 17.9 Å². The second kappa shape index (κ2) is 8.97.